The van der Waals surface area contributed by atoms with E-state index in [1.165, 1.54) is 71.4 Å². The van der Waals surface area contributed by atoms with Crippen LogP contribution in [0.1, 0.15) is 22.3 Å². The van der Waals surface area contributed by atoms with Crippen molar-refractivity contribution >= 4 is 32.3 Å². The number of nitrogens with zero attached hydrogens (tertiary/aromatic N) is 2. The van der Waals surface area contributed by atoms with E-state index < -0.39 is 5.41 Å². The molecular weight excluding hydrogens is 737 g/mol. The van der Waals surface area contributed by atoms with Crippen LogP contribution in [0.2, 0.25) is 0 Å². The van der Waals surface area contributed by atoms with Crippen molar-refractivity contribution in [3.8, 4) is 56.2 Å². The Hall–Kier alpha value is -7.94. The highest BCUT2D eigenvalue weighted by Crippen LogP contribution is 2.57. The number of rotatable bonds is 6. The topological polar surface area (TPSA) is 25.8 Å². The summed E-state index contributed by atoms with van der Waals surface area (Å²) in [6.45, 7) is 0. The van der Waals surface area contributed by atoms with Gasteiger partial charge in [0.15, 0.2) is 5.82 Å². The molecule has 0 unspecified atom stereocenters. The molecule has 61 heavy (non-hydrogen) atoms. The fourth-order valence-corrected chi connectivity index (χ4v) is 10.1. The molecule has 284 valence electrons. The minimum atomic E-state index is -0.474. The number of benzene rings is 10. The van der Waals surface area contributed by atoms with Crippen LogP contribution >= 0.6 is 0 Å². The van der Waals surface area contributed by atoms with Gasteiger partial charge in [0, 0.05) is 16.7 Å². The lowest BCUT2D eigenvalue weighted by atomic mass is 9.67. The summed E-state index contributed by atoms with van der Waals surface area (Å²) < 4.78 is 0. The highest BCUT2D eigenvalue weighted by molar-refractivity contribution is 6.14. The zero-order valence-corrected chi connectivity index (χ0v) is 33.3. The molecule has 0 atom stereocenters. The van der Waals surface area contributed by atoms with E-state index in [1.54, 1.807) is 0 Å². The minimum absolute atomic E-state index is 0.474. The van der Waals surface area contributed by atoms with Gasteiger partial charge in [-0.2, -0.15) is 0 Å². The Morgan fingerprint density at radius 1 is 0.279 bits per heavy atom. The maximum atomic E-state index is 5.34. The van der Waals surface area contributed by atoms with Gasteiger partial charge in [0.25, 0.3) is 0 Å². The molecule has 10 aromatic carbocycles. The quantitative estimate of drug-likeness (QED) is 0.157. The monoisotopic (exact) mass is 774 g/mol. The van der Waals surface area contributed by atoms with Gasteiger partial charge in [-0.25, -0.2) is 9.97 Å². The lowest BCUT2D eigenvalue weighted by Crippen LogP contribution is -2.28. The summed E-state index contributed by atoms with van der Waals surface area (Å²) in [6, 6.07) is 83.6. The van der Waals surface area contributed by atoms with E-state index in [4.69, 9.17) is 9.97 Å². The number of aromatic nitrogens is 2. The zero-order chi connectivity index (χ0) is 40.3. The van der Waals surface area contributed by atoms with Crippen LogP contribution in [0, 0.1) is 0 Å². The van der Waals surface area contributed by atoms with E-state index in [2.05, 4.69) is 224 Å². The van der Waals surface area contributed by atoms with Gasteiger partial charge in [-0.05, 0) is 95.0 Å². The van der Waals surface area contributed by atoms with Gasteiger partial charge in [-0.1, -0.05) is 212 Å². The maximum Gasteiger partial charge on any atom is 0.160 e. The molecule has 1 heterocycles. The van der Waals surface area contributed by atoms with Gasteiger partial charge in [0.2, 0.25) is 0 Å². The molecule has 2 nitrogen and oxygen atoms in total. The van der Waals surface area contributed by atoms with Crippen LogP contribution in [0.4, 0.5) is 0 Å². The van der Waals surface area contributed by atoms with Crippen LogP contribution < -0.4 is 0 Å². The molecule has 0 aliphatic heterocycles. The second-order valence-electron chi connectivity index (χ2n) is 16.0. The van der Waals surface area contributed by atoms with Gasteiger partial charge in [-0.15, -0.1) is 0 Å². The van der Waals surface area contributed by atoms with Crippen LogP contribution in [0.25, 0.3) is 88.5 Å². The number of hydrogen-bond acceptors (Lipinski definition) is 2. The van der Waals surface area contributed by atoms with Gasteiger partial charge >= 0.3 is 0 Å². The second kappa shape index (κ2) is 14.1. The first-order valence-corrected chi connectivity index (χ1v) is 21.0. The molecule has 0 N–H and O–H groups in total. The van der Waals surface area contributed by atoms with Crippen molar-refractivity contribution in [1.29, 1.82) is 0 Å². The van der Waals surface area contributed by atoms with E-state index in [-0.39, 0.29) is 0 Å². The third kappa shape index (κ3) is 5.50. The van der Waals surface area contributed by atoms with E-state index in [9.17, 15) is 0 Å². The molecule has 1 aliphatic rings. The molecule has 11 aromatic rings. The third-order valence-corrected chi connectivity index (χ3v) is 12.8. The minimum Gasteiger partial charge on any atom is -0.228 e. The predicted molar refractivity (Wildman–Crippen MR) is 254 cm³/mol. The van der Waals surface area contributed by atoms with Crippen LogP contribution in [-0.4, -0.2) is 9.97 Å². The summed E-state index contributed by atoms with van der Waals surface area (Å²) in [5, 5.41) is 7.14. The first-order chi connectivity index (χ1) is 30.3. The third-order valence-electron chi connectivity index (χ3n) is 12.8. The standard InChI is InChI=1S/C59H38N2/c1-4-18-39(19-5-1)58-60-56(38-57(61-58)53-36-40-20-10-11-25-44(40)46-26-13-15-29-49(46)53)52-35-34-45(47-27-12-14-28-48(47)52)41-32-33-51-50-30-16-17-31-54(50)59(55(51)37-41,42-21-6-2-7-22-42)43-23-8-3-9-24-43/h1-38H. The average Bonchev–Trinajstić information content (AvgIpc) is 3.64. The number of hydrogen-bond donors (Lipinski definition) is 0. The molecule has 0 spiro atoms. The van der Waals surface area contributed by atoms with Crippen molar-refractivity contribution in [2.24, 2.45) is 0 Å². The lowest BCUT2D eigenvalue weighted by Gasteiger charge is -2.34. The zero-order valence-electron chi connectivity index (χ0n) is 33.3. The summed E-state index contributed by atoms with van der Waals surface area (Å²) in [4.78, 5) is 10.6. The van der Waals surface area contributed by atoms with Gasteiger partial charge < -0.3 is 0 Å². The highest BCUT2D eigenvalue weighted by Gasteiger charge is 2.46. The Bertz CT molecular complexity index is 3420. The molecule has 1 aromatic heterocycles. The van der Waals surface area contributed by atoms with Crippen LogP contribution in [0.15, 0.2) is 231 Å². The smallest absolute Gasteiger partial charge is 0.160 e. The Morgan fingerprint density at radius 3 is 1.48 bits per heavy atom. The molecular formula is C59H38N2. The normalized spacial score (nSPS) is 12.7. The Balaban J connectivity index is 1.07. The molecule has 0 amide bonds. The molecule has 0 bridgehead atoms. The van der Waals surface area contributed by atoms with Gasteiger partial charge in [0.1, 0.15) is 0 Å². The van der Waals surface area contributed by atoms with Crippen LogP contribution in [0.3, 0.4) is 0 Å². The molecule has 0 saturated heterocycles. The van der Waals surface area contributed by atoms with Crippen molar-refractivity contribution in [1.82, 2.24) is 9.97 Å². The molecule has 0 radical (unpaired) electrons. The summed E-state index contributed by atoms with van der Waals surface area (Å²) in [7, 11) is 0. The van der Waals surface area contributed by atoms with Crippen molar-refractivity contribution in [3.63, 3.8) is 0 Å². The summed E-state index contributed by atoms with van der Waals surface area (Å²) >= 11 is 0. The van der Waals surface area contributed by atoms with E-state index >= 15 is 0 Å². The summed E-state index contributed by atoms with van der Waals surface area (Å²) in [5.74, 6) is 0.704. The highest BCUT2D eigenvalue weighted by atomic mass is 14.9. The summed E-state index contributed by atoms with van der Waals surface area (Å²) in [5.41, 5.74) is 14.5. The Morgan fingerprint density at radius 2 is 0.770 bits per heavy atom. The van der Waals surface area contributed by atoms with Gasteiger partial charge in [-0.3, -0.25) is 0 Å². The Kier molecular flexibility index (Phi) is 8.11. The average molecular weight is 775 g/mol. The lowest BCUT2D eigenvalue weighted by molar-refractivity contribution is 0.769. The van der Waals surface area contributed by atoms with Crippen LogP contribution in [-0.2, 0) is 5.41 Å². The molecule has 0 saturated carbocycles. The second-order valence-corrected chi connectivity index (χ2v) is 16.0. The SMILES string of the molecule is c1ccc(-c2nc(-c3ccc(-c4ccc5c(c4)C(c4ccccc4)(c4ccccc4)c4ccccc4-5)c4ccccc34)cc(-c3cc4ccccc4c4ccccc34)n2)cc1. The Labute approximate surface area is 355 Å². The molecule has 2 heteroatoms. The van der Waals surface area contributed by atoms with Crippen molar-refractivity contribution in [2.75, 3.05) is 0 Å². The first-order valence-electron chi connectivity index (χ1n) is 21.0. The fraction of sp³-hybridized carbons (Fsp3) is 0.0169. The molecule has 0 fully saturated rings. The van der Waals surface area contributed by atoms with Crippen molar-refractivity contribution < 1.29 is 0 Å². The van der Waals surface area contributed by atoms with E-state index in [1.807, 2.05) is 6.07 Å². The first kappa shape index (κ1) is 35.0. The van der Waals surface area contributed by atoms with Gasteiger partial charge in [0.05, 0.1) is 16.8 Å². The predicted octanol–water partition coefficient (Wildman–Crippen LogP) is 15.0. The molecule has 12 rings (SSSR count). The number of fused-ring (bicyclic) bond motifs is 7. The van der Waals surface area contributed by atoms with E-state index in [0.29, 0.717) is 5.82 Å². The fourth-order valence-electron chi connectivity index (χ4n) is 10.1. The summed E-state index contributed by atoms with van der Waals surface area (Å²) in [6.07, 6.45) is 0. The van der Waals surface area contributed by atoms with Crippen molar-refractivity contribution in [2.45, 2.75) is 5.41 Å². The largest absolute Gasteiger partial charge is 0.228 e. The van der Waals surface area contributed by atoms with Crippen LogP contribution in [0.5, 0.6) is 0 Å². The molecule has 1 aliphatic carbocycles. The van der Waals surface area contributed by atoms with Crippen molar-refractivity contribution in [3.05, 3.63) is 253 Å². The van der Waals surface area contributed by atoms with E-state index in [0.717, 1.165) is 33.5 Å². The maximum absolute atomic E-state index is 5.34.